The summed E-state index contributed by atoms with van der Waals surface area (Å²) < 4.78 is 0.906. The van der Waals surface area contributed by atoms with E-state index in [2.05, 4.69) is 21.2 Å². The molecule has 0 saturated carbocycles. The molecule has 8 heteroatoms. The van der Waals surface area contributed by atoms with Crippen molar-refractivity contribution in [1.29, 1.82) is 0 Å². The zero-order valence-corrected chi connectivity index (χ0v) is 14.8. The van der Waals surface area contributed by atoms with Crippen molar-refractivity contribution in [2.75, 3.05) is 6.54 Å². The maximum atomic E-state index is 12.4. The molecule has 7 nitrogen and oxygen atoms in total. The van der Waals surface area contributed by atoms with E-state index in [0.717, 1.165) is 10.0 Å². The number of carbonyl (C=O) groups excluding carboxylic acids is 3. The highest BCUT2D eigenvalue weighted by atomic mass is 79.9. The number of amides is 3. The van der Waals surface area contributed by atoms with E-state index in [-0.39, 0.29) is 25.3 Å². The van der Waals surface area contributed by atoms with Gasteiger partial charge in [-0.1, -0.05) is 28.1 Å². The molecule has 1 fully saturated rings. The Morgan fingerprint density at radius 1 is 1.38 bits per heavy atom. The van der Waals surface area contributed by atoms with Crippen LogP contribution in [0.2, 0.25) is 0 Å². The molecule has 0 bridgehead atoms. The molecule has 1 aromatic rings. The molecule has 0 spiro atoms. The average Bonchev–Trinajstić information content (AvgIpc) is 2.91. The fourth-order valence-corrected chi connectivity index (χ4v) is 3.02. The van der Waals surface area contributed by atoms with Gasteiger partial charge in [0.1, 0.15) is 12.1 Å². The fourth-order valence-electron chi connectivity index (χ4n) is 2.76. The van der Waals surface area contributed by atoms with Crippen LogP contribution in [0.25, 0.3) is 0 Å². The number of hydrogen-bond donors (Lipinski definition) is 3. The monoisotopic (exact) mass is 397 g/mol. The first-order valence-electron chi connectivity index (χ1n) is 7.57. The summed E-state index contributed by atoms with van der Waals surface area (Å²) in [7, 11) is 0. The first-order valence-corrected chi connectivity index (χ1v) is 8.36. The normalized spacial score (nSPS) is 21.4. The molecule has 2 rings (SSSR count). The van der Waals surface area contributed by atoms with Crippen LogP contribution in [0, 0.1) is 0 Å². The third-order valence-electron chi connectivity index (χ3n) is 4.00. The lowest BCUT2D eigenvalue weighted by atomic mass is 10.0. The Morgan fingerprint density at radius 3 is 2.54 bits per heavy atom. The second-order valence-electron chi connectivity index (χ2n) is 5.87. The molecule has 0 unspecified atom stereocenters. The first kappa shape index (κ1) is 18.4. The molecule has 0 aliphatic carbocycles. The lowest BCUT2D eigenvalue weighted by Gasteiger charge is -2.24. The number of benzene rings is 1. The predicted octanol–water partition coefficient (Wildman–Crippen LogP) is -0.0566. The van der Waals surface area contributed by atoms with E-state index in [9.17, 15) is 19.5 Å². The molecule has 4 N–H and O–H groups in total. The Labute approximate surface area is 148 Å². The van der Waals surface area contributed by atoms with Gasteiger partial charge in [-0.15, -0.1) is 0 Å². The molecule has 1 aliphatic heterocycles. The van der Waals surface area contributed by atoms with Crippen molar-refractivity contribution in [2.24, 2.45) is 5.73 Å². The Bertz CT molecular complexity index is 635. The van der Waals surface area contributed by atoms with Crippen molar-refractivity contribution in [3.8, 4) is 0 Å². The zero-order valence-electron chi connectivity index (χ0n) is 13.2. The molecule has 3 atom stereocenters. The highest BCUT2D eigenvalue weighted by Crippen LogP contribution is 2.19. The average molecular weight is 398 g/mol. The number of rotatable bonds is 5. The second kappa shape index (κ2) is 7.76. The summed E-state index contributed by atoms with van der Waals surface area (Å²) in [6.45, 7) is 1.45. The highest BCUT2D eigenvalue weighted by molar-refractivity contribution is 9.10. The molecule has 1 aromatic carbocycles. The van der Waals surface area contributed by atoms with E-state index >= 15 is 0 Å². The third-order valence-corrected chi connectivity index (χ3v) is 4.53. The summed E-state index contributed by atoms with van der Waals surface area (Å²) in [6, 6.07) is 5.65. The number of halogens is 1. The minimum absolute atomic E-state index is 0.112. The molecule has 1 heterocycles. The Balaban J connectivity index is 2.06. The number of nitrogens with one attached hydrogen (secondary N) is 1. The predicted molar refractivity (Wildman–Crippen MR) is 90.8 cm³/mol. The number of likely N-dealkylation sites (tertiary alicyclic amines) is 1. The quantitative estimate of drug-likeness (QED) is 0.645. The number of primary amides is 1. The fraction of sp³-hybridized carbons (Fsp3) is 0.438. The molecular weight excluding hydrogens is 378 g/mol. The summed E-state index contributed by atoms with van der Waals surface area (Å²) in [5, 5.41) is 12.3. The summed E-state index contributed by atoms with van der Waals surface area (Å²) in [4.78, 5) is 37.0. The lowest BCUT2D eigenvalue weighted by Crippen LogP contribution is -2.52. The van der Waals surface area contributed by atoms with Gasteiger partial charge < -0.3 is 21.1 Å². The van der Waals surface area contributed by atoms with E-state index in [0.29, 0.717) is 0 Å². The van der Waals surface area contributed by atoms with Crippen molar-refractivity contribution in [3.05, 3.63) is 34.3 Å². The highest BCUT2D eigenvalue weighted by Gasteiger charge is 2.38. The van der Waals surface area contributed by atoms with E-state index in [1.165, 1.54) is 11.8 Å². The largest absolute Gasteiger partial charge is 0.391 e. The molecule has 1 saturated heterocycles. The lowest BCUT2D eigenvalue weighted by molar-refractivity contribution is -0.138. The topological polar surface area (TPSA) is 113 Å². The van der Waals surface area contributed by atoms with Crippen LogP contribution in [0.15, 0.2) is 28.7 Å². The molecule has 0 radical (unpaired) electrons. The van der Waals surface area contributed by atoms with Gasteiger partial charge in [0, 0.05) is 30.8 Å². The smallest absolute Gasteiger partial charge is 0.243 e. The van der Waals surface area contributed by atoms with Gasteiger partial charge in [0.15, 0.2) is 0 Å². The third kappa shape index (κ3) is 4.55. The van der Waals surface area contributed by atoms with Crippen molar-refractivity contribution in [1.82, 2.24) is 10.2 Å². The molecular formula is C16H20BrN3O4. The first-order chi connectivity index (χ1) is 11.3. The van der Waals surface area contributed by atoms with Gasteiger partial charge in [0.25, 0.3) is 0 Å². The minimum atomic E-state index is -0.884. The molecule has 130 valence electrons. The number of aliphatic hydroxyl groups is 1. The van der Waals surface area contributed by atoms with Gasteiger partial charge >= 0.3 is 0 Å². The van der Waals surface area contributed by atoms with Crippen LogP contribution >= 0.6 is 15.9 Å². The van der Waals surface area contributed by atoms with Crippen LogP contribution in [0.5, 0.6) is 0 Å². The van der Waals surface area contributed by atoms with Crippen molar-refractivity contribution < 1.29 is 19.5 Å². The summed E-state index contributed by atoms with van der Waals surface area (Å²) in [5.74, 6) is -1.43. The van der Waals surface area contributed by atoms with Gasteiger partial charge in [-0.3, -0.25) is 14.4 Å². The number of nitrogens with zero attached hydrogens (tertiary/aromatic N) is 1. The van der Waals surface area contributed by atoms with Crippen LogP contribution in [-0.4, -0.2) is 52.5 Å². The summed E-state index contributed by atoms with van der Waals surface area (Å²) >= 11 is 3.33. The Morgan fingerprint density at radius 2 is 2.00 bits per heavy atom. The van der Waals surface area contributed by atoms with E-state index in [1.807, 2.05) is 24.3 Å². The number of β-amino-alcohol motifs (C(OH)–C–C–N with tert-alkyl or cyclic N) is 1. The van der Waals surface area contributed by atoms with Crippen molar-refractivity contribution >= 4 is 33.7 Å². The van der Waals surface area contributed by atoms with Gasteiger partial charge in [-0.2, -0.15) is 0 Å². The summed E-state index contributed by atoms with van der Waals surface area (Å²) in [6.07, 6.45) is -0.345. The van der Waals surface area contributed by atoms with Crippen LogP contribution < -0.4 is 11.1 Å². The summed E-state index contributed by atoms with van der Waals surface area (Å²) in [5.41, 5.74) is 6.23. The van der Waals surface area contributed by atoms with Crippen LogP contribution in [0.3, 0.4) is 0 Å². The molecule has 3 amide bonds. The molecule has 0 aromatic heterocycles. The standard InChI is InChI=1S/C16H20BrN3O4/c1-9(21)20-8-12(22)7-14(20)16(24)19-13(15(18)23)6-10-2-4-11(17)5-3-10/h2-5,12-14,22H,6-8H2,1H3,(H2,18,23)(H,19,24)/t12-,13-,14+/m1/s1. The number of carbonyl (C=O) groups is 3. The van der Waals surface area contributed by atoms with Crippen LogP contribution in [0.4, 0.5) is 0 Å². The Kier molecular flexibility index (Phi) is 5.95. The van der Waals surface area contributed by atoms with Gasteiger partial charge in [0.2, 0.25) is 17.7 Å². The minimum Gasteiger partial charge on any atom is -0.391 e. The maximum absolute atomic E-state index is 12.4. The van der Waals surface area contributed by atoms with Crippen LogP contribution in [-0.2, 0) is 20.8 Å². The second-order valence-corrected chi connectivity index (χ2v) is 6.79. The van der Waals surface area contributed by atoms with E-state index < -0.39 is 30.0 Å². The van der Waals surface area contributed by atoms with Gasteiger partial charge in [0.05, 0.1) is 6.10 Å². The van der Waals surface area contributed by atoms with E-state index in [1.54, 1.807) is 0 Å². The van der Waals surface area contributed by atoms with E-state index in [4.69, 9.17) is 5.73 Å². The number of hydrogen-bond acceptors (Lipinski definition) is 4. The number of nitrogens with two attached hydrogens (primary N) is 1. The van der Waals surface area contributed by atoms with Crippen molar-refractivity contribution in [3.63, 3.8) is 0 Å². The Hall–Kier alpha value is -1.93. The zero-order chi connectivity index (χ0) is 17.9. The molecule has 1 aliphatic rings. The maximum Gasteiger partial charge on any atom is 0.243 e. The van der Waals surface area contributed by atoms with Gasteiger partial charge in [-0.25, -0.2) is 0 Å². The van der Waals surface area contributed by atoms with Gasteiger partial charge in [-0.05, 0) is 17.7 Å². The SMILES string of the molecule is CC(=O)N1C[C@H](O)C[C@H]1C(=O)N[C@H](Cc1ccc(Br)cc1)C(N)=O. The number of aliphatic hydroxyl groups excluding tert-OH is 1. The van der Waals surface area contributed by atoms with Crippen LogP contribution in [0.1, 0.15) is 18.9 Å². The van der Waals surface area contributed by atoms with Crippen molar-refractivity contribution in [2.45, 2.75) is 38.0 Å². The molecule has 24 heavy (non-hydrogen) atoms.